The molecule has 0 radical (unpaired) electrons. The number of amides is 1. The molecule has 2 atom stereocenters. The van der Waals surface area contributed by atoms with Crippen molar-refractivity contribution < 1.29 is 9.90 Å². The van der Waals surface area contributed by atoms with E-state index in [2.05, 4.69) is 10.6 Å². The number of hydrogen-bond donors (Lipinski definition) is 3. The van der Waals surface area contributed by atoms with Gasteiger partial charge in [-0.1, -0.05) is 0 Å². The van der Waals surface area contributed by atoms with Crippen LogP contribution in [0.3, 0.4) is 0 Å². The lowest BCUT2D eigenvalue weighted by molar-refractivity contribution is -0.120. The van der Waals surface area contributed by atoms with E-state index in [-0.39, 0.29) is 31.1 Å². The van der Waals surface area contributed by atoms with Crippen LogP contribution in [0.1, 0.15) is 20.3 Å². The number of aliphatic hydroxyl groups is 1. The molecule has 0 rings (SSSR count). The molecule has 0 aliphatic carbocycles. The first kappa shape index (κ1) is 12.9. The predicted octanol–water partition coefficient (Wildman–Crippen LogP) is -0.625. The van der Waals surface area contributed by atoms with Crippen molar-refractivity contribution in [3.8, 4) is 6.07 Å². The van der Waals surface area contributed by atoms with E-state index in [1.54, 1.807) is 6.92 Å². The predicted molar refractivity (Wildman–Crippen MR) is 52.4 cm³/mol. The Morgan fingerprint density at radius 3 is 2.71 bits per heavy atom. The van der Waals surface area contributed by atoms with Crippen LogP contribution in [0, 0.1) is 11.3 Å². The molecule has 3 N–H and O–H groups in total. The highest BCUT2D eigenvalue weighted by molar-refractivity contribution is 5.78. The fourth-order valence-corrected chi connectivity index (χ4v) is 1.06. The topological polar surface area (TPSA) is 85.2 Å². The van der Waals surface area contributed by atoms with Gasteiger partial charge in [0.1, 0.15) is 6.54 Å². The van der Waals surface area contributed by atoms with Crippen LogP contribution in [0.2, 0.25) is 0 Å². The third kappa shape index (κ3) is 7.53. The van der Waals surface area contributed by atoms with Crippen molar-refractivity contribution >= 4 is 5.91 Å². The van der Waals surface area contributed by atoms with Gasteiger partial charge in [-0.3, -0.25) is 4.79 Å². The number of nitrogens with one attached hydrogen (secondary N) is 2. The quantitative estimate of drug-likeness (QED) is 0.497. The molecule has 1 amide bonds. The summed E-state index contributed by atoms with van der Waals surface area (Å²) in [4.78, 5) is 11.0. The molecule has 0 aromatic carbocycles. The molecule has 14 heavy (non-hydrogen) atoms. The zero-order valence-corrected chi connectivity index (χ0v) is 8.58. The average Bonchev–Trinajstić information content (AvgIpc) is 2.10. The molecule has 0 aliphatic rings. The second-order valence-electron chi connectivity index (χ2n) is 3.30. The lowest BCUT2D eigenvalue weighted by atomic mass is 10.1. The SMILES string of the molecule is CC(O)CC(C)NCC(=O)NCC#N. The van der Waals surface area contributed by atoms with Crippen LogP contribution >= 0.6 is 0 Å². The van der Waals surface area contributed by atoms with Crippen molar-refractivity contribution in [1.29, 1.82) is 5.26 Å². The van der Waals surface area contributed by atoms with Crippen molar-refractivity contribution in [2.75, 3.05) is 13.1 Å². The summed E-state index contributed by atoms with van der Waals surface area (Å²) in [6.45, 7) is 3.80. The first-order valence-corrected chi connectivity index (χ1v) is 4.61. The molecule has 0 spiro atoms. The maximum Gasteiger partial charge on any atom is 0.234 e. The second-order valence-corrected chi connectivity index (χ2v) is 3.30. The van der Waals surface area contributed by atoms with Gasteiger partial charge in [0.25, 0.3) is 0 Å². The first-order valence-electron chi connectivity index (χ1n) is 4.61. The third-order valence-electron chi connectivity index (χ3n) is 1.67. The van der Waals surface area contributed by atoms with Gasteiger partial charge in [-0.15, -0.1) is 0 Å². The number of nitrogens with zero attached hydrogens (tertiary/aromatic N) is 1. The monoisotopic (exact) mass is 199 g/mol. The van der Waals surface area contributed by atoms with E-state index in [0.29, 0.717) is 6.42 Å². The Morgan fingerprint density at radius 1 is 1.57 bits per heavy atom. The highest BCUT2D eigenvalue weighted by Crippen LogP contribution is 1.95. The van der Waals surface area contributed by atoms with E-state index in [9.17, 15) is 4.79 Å². The Balaban J connectivity index is 3.51. The maximum atomic E-state index is 11.0. The van der Waals surface area contributed by atoms with E-state index in [4.69, 9.17) is 10.4 Å². The van der Waals surface area contributed by atoms with Crippen LogP contribution in [0.4, 0.5) is 0 Å². The van der Waals surface area contributed by atoms with Crippen molar-refractivity contribution in [3.05, 3.63) is 0 Å². The van der Waals surface area contributed by atoms with E-state index in [0.717, 1.165) is 0 Å². The normalized spacial score (nSPS) is 14.1. The molecule has 0 bridgehead atoms. The van der Waals surface area contributed by atoms with E-state index < -0.39 is 0 Å². The summed E-state index contributed by atoms with van der Waals surface area (Å²) in [6.07, 6.45) is 0.227. The summed E-state index contributed by atoms with van der Waals surface area (Å²) in [6, 6.07) is 1.90. The Hall–Kier alpha value is -1.12. The molecule has 0 aliphatic heterocycles. The fourth-order valence-electron chi connectivity index (χ4n) is 1.06. The average molecular weight is 199 g/mol. The Morgan fingerprint density at radius 2 is 2.21 bits per heavy atom. The van der Waals surface area contributed by atoms with Gasteiger partial charge < -0.3 is 15.7 Å². The van der Waals surface area contributed by atoms with Crippen LogP contribution in [0.5, 0.6) is 0 Å². The molecule has 80 valence electrons. The molecule has 5 heteroatoms. The van der Waals surface area contributed by atoms with Gasteiger partial charge in [-0.05, 0) is 20.3 Å². The second kappa shape index (κ2) is 7.30. The van der Waals surface area contributed by atoms with E-state index >= 15 is 0 Å². The van der Waals surface area contributed by atoms with Gasteiger partial charge >= 0.3 is 0 Å². The minimum atomic E-state index is -0.375. The molecular formula is C9H17N3O2. The summed E-state index contributed by atoms with van der Waals surface area (Å²) in [5.74, 6) is -0.205. The number of aliphatic hydroxyl groups excluding tert-OH is 1. The largest absolute Gasteiger partial charge is 0.393 e. The van der Waals surface area contributed by atoms with Crippen LogP contribution in [-0.2, 0) is 4.79 Å². The summed E-state index contributed by atoms with van der Waals surface area (Å²) >= 11 is 0. The molecule has 5 nitrogen and oxygen atoms in total. The van der Waals surface area contributed by atoms with Gasteiger partial charge in [0.05, 0.1) is 18.7 Å². The summed E-state index contributed by atoms with van der Waals surface area (Å²) < 4.78 is 0. The van der Waals surface area contributed by atoms with Gasteiger partial charge in [0.2, 0.25) is 5.91 Å². The zero-order chi connectivity index (χ0) is 11.0. The van der Waals surface area contributed by atoms with Crippen LogP contribution in [0.25, 0.3) is 0 Å². The standard InChI is InChI=1S/C9H17N3O2/c1-7(5-8(2)13)12-6-9(14)11-4-3-10/h7-8,12-13H,4-6H2,1-2H3,(H,11,14). The van der Waals surface area contributed by atoms with Crippen LogP contribution in [-0.4, -0.2) is 36.2 Å². The molecule has 0 fully saturated rings. The van der Waals surface area contributed by atoms with Crippen LogP contribution in [0.15, 0.2) is 0 Å². The number of rotatable bonds is 6. The minimum absolute atomic E-state index is 0.0330. The first-order chi connectivity index (χ1) is 6.56. The van der Waals surface area contributed by atoms with Crippen LogP contribution < -0.4 is 10.6 Å². The number of nitriles is 1. The Kier molecular flexibility index (Phi) is 6.72. The Bertz CT molecular complexity index is 211. The van der Waals surface area contributed by atoms with Gasteiger partial charge in [0.15, 0.2) is 0 Å². The van der Waals surface area contributed by atoms with Crippen molar-refractivity contribution in [2.24, 2.45) is 0 Å². The summed E-state index contributed by atoms with van der Waals surface area (Å²) in [7, 11) is 0. The highest BCUT2D eigenvalue weighted by atomic mass is 16.3. The molecule has 0 heterocycles. The lowest BCUT2D eigenvalue weighted by Crippen LogP contribution is -2.39. The molecule has 0 saturated heterocycles. The molecule has 0 aromatic rings. The number of hydrogen-bond acceptors (Lipinski definition) is 4. The van der Waals surface area contributed by atoms with Gasteiger partial charge in [0, 0.05) is 6.04 Å². The van der Waals surface area contributed by atoms with Crippen molar-refractivity contribution in [1.82, 2.24) is 10.6 Å². The van der Waals surface area contributed by atoms with Gasteiger partial charge in [-0.2, -0.15) is 5.26 Å². The summed E-state index contributed by atoms with van der Waals surface area (Å²) in [5, 5.41) is 22.6. The summed E-state index contributed by atoms with van der Waals surface area (Å²) in [5.41, 5.74) is 0. The Labute approximate surface area is 84.1 Å². The molecule has 0 saturated carbocycles. The van der Waals surface area contributed by atoms with Crippen molar-refractivity contribution in [2.45, 2.75) is 32.4 Å². The fraction of sp³-hybridized carbons (Fsp3) is 0.778. The zero-order valence-electron chi connectivity index (χ0n) is 8.58. The van der Waals surface area contributed by atoms with E-state index in [1.165, 1.54) is 0 Å². The molecule has 0 aromatic heterocycles. The maximum absolute atomic E-state index is 11.0. The number of carbonyl (C=O) groups excluding carboxylic acids is 1. The van der Waals surface area contributed by atoms with E-state index in [1.807, 2.05) is 13.0 Å². The highest BCUT2D eigenvalue weighted by Gasteiger charge is 2.07. The minimum Gasteiger partial charge on any atom is -0.393 e. The molecular weight excluding hydrogens is 182 g/mol. The smallest absolute Gasteiger partial charge is 0.234 e. The number of carbonyl (C=O) groups is 1. The van der Waals surface area contributed by atoms with Crippen molar-refractivity contribution in [3.63, 3.8) is 0 Å². The van der Waals surface area contributed by atoms with Gasteiger partial charge in [-0.25, -0.2) is 0 Å². The third-order valence-corrected chi connectivity index (χ3v) is 1.67. The molecule has 2 unspecified atom stereocenters. The lowest BCUT2D eigenvalue weighted by Gasteiger charge is -2.14.